The summed E-state index contributed by atoms with van der Waals surface area (Å²) in [4.78, 5) is 30.1. The number of rotatable bonds is 4. The van der Waals surface area contributed by atoms with Crippen molar-refractivity contribution in [3.05, 3.63) is 47.5 Å². The lowest BCUT2D eigenvalue weighted by Gasteiger charge is -2.13. The van der Waals surface area contributed by atoms with E-state index in [0.29, 0.717) is 5.69 Å². The largest absolute Gasteiger partial charge is 0.448 e. The quantitative estimate of drug-likeness (QED) is 0.669. The number of halogens is 1. The van der Waals surface area contributed by atoms with Gasteiger partial charge in [0.05, 0.1) is 5.69 Å². The van der Waals surface area contributed by atoms with Crippen LogP contribution in [0.4, 0.5) is 5.69 Å². The highest BCUT2D eigenvalue weighted by Crippen LogP contribution is 2.17. The van der Waals surface area contributed by atoms with E-state index in [9.17, 15) is 9.59 Å². The molecule has 0 aliphatic carbocycles. The Kier molecular flexibility index (Phi) is 4.37. The molecule has 0 aliphatic heterocycles. The zero-order chi connectivity index (χ0) is 14.5. The number of carbonyl (C=O) groups excluding carboxylic acids is 2. The number of pyridine rings is 1. The average Bonchev–Trinajstić information content (AvgIpc) is 2.95. The van der Waals surface area contributed by atoms with E-state index in [2.05, 4.69) is 15.3 Å². The third kappa shape index (κ3) is 3.36. The minimum atomic E-state index is -0.956. The number of carbonyl (C=O) groups is 2. The van der Waals surface area contributed by atoms with Crippen molar-refractivity contribution in [3.63, 3.8) is 0 Å². The van der Waals surface area contributed by atoms with E-state index in [-0.39, 0.29) is 10.8 Å². The molecule has 7 heteroatoms. The number of nitrogens with one attached hydrogen (secondary N) is 2. The first-order chi connectivity index (χ1) is 9.58. The molecule has 0 radical (unpaired) electrons. The van der Waals surface area contributed by atoms with Gasteiger partial charge in [-0.05, 0) is 31.2 Å². The molecular formula is C13H12ClN3O3. The predicted molar refractivity (Wildman–Crippen MR) is 73.5 cm³/mol. The van der Waals surface area contributed by atoms with Crippen molar-refractivity contribution in [2.24, 2.45) is 0 Å². The van der Waals surface area contributed by atoms with Gasteiger partial charge in [-0.15, -0.1) is 0 Å². The van der Waals surface area contributed by atoms with Crippen LogP contribution in [0.2, 0.25) is 5.15 Å². The molecule has 0 fully saturated rings. The Bertz CT molecular complexity index is 613. The lowest BCUT2D eigenvalue weighted by atomic mass is 10.3. The Balaban J connectivity index is 1.96. The minimum Gasteiger partial charge on any atom is -0.448 e. The second-order valence-corrected chi connectivity index (χ2v) is 4.32. The maximum Gasteiger partial charge on any atom is 0.355 e. The summed E-state index contributed by atoms with van der Waals surface area (Å²) in [5.74, 6) is -1.09. The fraction of sp³-hybridized carbons (Fsp3) is 0.154. The van der Waals surface area contributed by atoms with Crippen LogP contribution in [0.5, 0.6) is 0 Å². The predicted octanol–water partition coefficient (Wildman–Crippen LogP) is 2.25. The molecule has 2 N–H and O–H groups in total. The van der Waals surface area contributed by atoms with Gasteiger partial charge in [-0.3, -0.25) is 4.79 Å². The van der Waals surface area contributed by atoms with Crippen molar-refractivity contribution in [1.29, 1.82) is 0 Å². The topological polar surface area (TPSA) is 84.1 Å². The number of anilines is 1. The maximum atomic E-state index is 11.9. The number of amides is 1. The maximum absolute atomic E-state index is 11.9. The van der Waals surface area contributed by atoms with E-state index in [0.717, 1.165) is 0 Å². The first-order valence-electron chi connectivity index (χ1n) is 5.83. The van der Waals surface area contributed by atoms with Gasteiger partial charge in [-0.1, -0.05) is 11.6 Å². The van der Waals surface area contributed by atoms with Gasteiger partial charge >= 0.3 is 5.97 Å². The SMILES string of the molecule is C[C@H](OC(=O)c1ccc[nH]1)C(=O)Nc1cccnc1Cl. The molecular weight excluding hydrogens is 282 g/mol. The zero-order valence-corrected chi connectivity index (χ0v) is 11.3. The number of ether oxygens (including phenoxy) is 1. The Morgan fingerprint density at radius 2 is 2.20 bits per heavy atom. The number of hydrogen-bond donors (Lipinski definition) is 2. The van der Waals surface area contributed by atoms with Crippen LogP contribution >= 0.6 is 11.6 Å². The van der Waals surface area contributed by atoms with Crippen LogP contribution in [-0.4, -0.2) is 27.9 Å². The van der Waals surface area contributed by atoms with Crippen molar-refractivity contribution < 1.29 is 14.3 Å². The van der Waals surface area contributed by atoms with Crippen molar-refractivity contribution in [2.45, 2.75) is 13.0 Å². The molecule has 2 aromatic heterocycles. The summed E-state index contributed by atoms with van der Waals surface area (Å²) in [5, 5.41) is 2.71. The molecule has 0 spiro atoms. The molecule has 104 valence electrons. The van der Waals surface area contributed by atoms with Crippen LogP contribution in [-0.2, 0) is 9.53 Å². The number of hydrogen-bond acceptors (Lipinski definition) is 4. The van der Waals surface area contributed by atoms with Crippen LogP contribution in [0.1, 0.15) is 17.4 Å². The van der Waals surface area contributed by atoms with E-state index in [4.69, 9.17) is 16.3 Å². The third-order valence-electron chi connectivity index (χ3n) is 2.49. The normalized spacial score (nSPS) is 11.7. The standard InChI is InChI=1S/C13H12ClN3O3/c1-8(20-13(19)10-5-3-6-15-10)12(18)17-9-4-2-7-16-11(9)14/h2-8,15H,1H3,(H,17,18)/t8-/m0/s1. The summed E-state index contributed by atoms with van der Waals surface area (Å²) in [6.45, 7) is 1.47. The molecule has 0 aliphatic rings. The first kappa shape index (κ1) is 14.1. The summed E-state index contributed by atoms with van der Waals surface area (Å²) in [6.07, 6.45) is 2.14. The van der Waals surface area contributed by atoms with Gasteiger partial charge in [0.1, 0.15) is 5.69 Å². The molecule has 0 saturated carbocycles. The van der Waals surface area contributed by atoms with Crippen LogP contribution in [0.25, 0.3) is 0 Å². The fourth-order valence-electron chi connectivity index (χ4n) is 1.45. The monoisotopic (exact) mass is 293 g/mol. The Morgan fingerprint density at radius 1 is 1.40 bits per heavy atom. The number of aromatic nitrogens is 2. The molecule has 2 heterocycles. The molecule has 0 aromatic carbocycles. The molecule has 20 heavy (non-hydrogen) atoms. The lowest BCUT2D eigenvalue weighted by Crippen LogP contribution is -2.30. The van der Waals surface area contributed by atoms with Gasteiger partial charge in [-0.25, -0.2) is 9.78 Å². The van der Waals surface area contributed by atoms with Crippen LogP contribution in [0, 0.1) is 0 Å². The van der Waals surface area contributed by atoms with Crippen LogP contribution in [0.15, 0.2) is 36.7 Å². The highest BCUT2D eigenvalue weighted by molar-refractivity contribution is 6.32. The second-order valence-electron chi connectivity index (χ2n) is 3.96. The number of nitrogens with zero attached hydrogens (tertiary/aromatic N) is 1. The first-order valence-corrected chi connectivity index (χ1v) is 6.21. The fourth-order valence-corrected chi connectivity index (χ4v) is 1.62. The lowest BCUT2D eigenvalue weighted by molar-refractivity contribution is -0.123. The van der Waals surface area contributed by atoms with Gasteiger partial charge in [0.2, 0.25) is 0 Å². The van der Waals surface area contributed by atoms with E-state index >= 15 is 0 Å². The highest BCUT2D eigenvalue weighted by atomic mass is 35.5. The zero-order valence-electron chi connectivity index (χ0n) is 10.6. The molecule has 2 rings (SSSR count). The van der Waals surface area contributed by atoms with Gasteiger partial charge in [0, 0.05) is 12.4 Å². The minimum absolute atomic E-state index is 0.170. The Hall–Kier alpha value is -2.34. The van der Waals surface area contributed by atoms with E-state index in [1.165, 1.54) is 13.1 Å². The summed E-state index contributed by atoms with van der Waals surface area (Å²) < 4.78 is 5.02. The van der Waals surface area contributed by atoms with Crippen LogP contribution < -0.4 is 5.32 Å². The van der Waals surface area contributed by atoms with Gasteiger partial charge in [-0.2, -0.15) is 0 Å². The van der Waals surface area contributed by atoms with Gasteiger partial charge in [0.25, 0.3) is 5.91 Å². The molecule has 0 saturated heterocycles. The summed E-state index contributed by atoms with van der Waals surface area (Å²) >= 11 is 5.82. The summed E-state index contributed by atoms with van der Waals surface area (Å²) in [7, 11) is 0. The summed E-state index contributed by atoms with van der Waals surface area (Å²) in [5.41, 5.74) is 0.644. The van der Waals surface area contributed by atoms with E-state index in [1.807, 2.05) is 0 Å². The Morgan fingerprint density at radius 3 is 2.85 bits per heavy atom. The van der Waals surface area contributed by atoms with Crippen molar-refractivity contribution in [1.82, 2.24) is 9.97 Å². The highest BCUT2D eigenvalue weighted by Gasteiger charge is 2.20. The number of esters is 1. The average molecular weight is 294 g/mol. The number of aromatic amines is 1. The smallest absolute Gasteiger partial charge is 0.355 e. The van der Waals surface area contributed by atoms with Crippen molar-refractivity contribution >= 4 is 29.2 Å². The molecule has 1 amide bonds. The van der Waals surface area contributed by atoms with Crippen molar-refractivity contribution in [2.75, 3.05) is 5.32 Å². The van der Waals surface area contributed by atoms with E-state index in [1.54, 1.807) is 30.5 Å². The molecule has 0 unspecified atom stereocenters. The molecule has 0 bridgehead atoms. The van der Waals surface area contributed by atoms with Crippen molar-refractivity contribution in [3.8, 4) is 0 Å². The molecule has 2 aromatic rings. The van der Waals surface area contributed by atoms with Crippen LogP contribution in [0.3, 0.4) is 0 Å². The van der Waals surface area contributed by atoms with Gasteiger partial charge < -0.3 is 15.0 Å². The number of H-pyrrole nitrogens is 1. The third-order valence-corrected chi connectivity index (χ3v) is 2.79. The second kappa shape index (κ2) is 6.21. The molecule has 1 atom stereocenters. The van der Waals surface area contributed by atoms with Gasteiger partial charge in [0.15, 0.2) is 11.3 Å². The Labute approximate surface area is 120 Å². The summed E-state index contributed by atoms with van der Waals surface area (Å²) in [6, 6.07) is 6.46. The molecule has 6 nitrogen and oxygen atoms in total. The van der Waals surface area contributed by atoms with E-state index < -0.39 is 18.0 Å².